The minimum atomic E-state index is -0.707. The first kappa shape index (κ1) is 14.9. The molecular weight excluding hydrogens is 300 g/mol. The number of hydrogen-bond acceptors (Lipinski definition) is 3. The summed E-state index contributed by atoms with van der Waals surface area (Å²) in [4.78, 5) is 24.2. The summed E-state index contributed by atoms with van der Waals surface area (Å²) in [6, 6.07) is 13.3. The molecule has 0 unspecified atom stereocenters. The van der Waals surface area contributed by atoms with Crippen molar-refractivity contribution >= 4 is 23.2 Å². The summed E-state index contributed by atoms with van der Waals surface area (Å²) in [5, 5.41) is 0.672. The summed E-state index contributed by atoms with van der Waals surface area (Å²) in [7, 11) is 0. The van der Waals surface area contributed by atoms with Gasteiger partial charge in [-0.1, -0.05) is 35.9 Å². The van der Waals surface area contributed by atoms with Crippen molar-refractivity contribution in [1.82, 2.24) is 0 Å². The molecule has 4 heteroatoms. The predicted molar refractivity (Wildman–Crippen MR) is 85.2 cm³/mol. The summed E-state index contributed by atoms with van der Waals surface area (Å²) < 4.78 is 5.00. The van der Waals surface area contributed by atoms with Gasteiger partial charge in [-0.05, 0) is 47.4 Å². The maximum absolute atomic E-state index is 12.1. The van der Waals surface area contributed by atoms with E-state index in [9.17, 15) is 9.59 Å². The Balaban J connectivity index is 2.04. The van der Waals surface area contributed by atoms with Crippen LogP contribution in [0.1, 0.15) is 17.0 Å². The highest BCUT2D eigenvalue weighted by Crippen LogP contribution is 2.30. The third kappa shape index (κ3) is 2.82. The number of aryl methyl sites for hydroxylation is 1. The van der Waals surface area contributed by atoms with E-state index in [2.05, 4.69) is 0 Å². The van der Waals surface area contributed by atoms with Gasteiger partial charge in [-0.15, -0.1) is 0 Å². The molecule has 3 nitrogen and oxygen atoms in total. The van der Waals surface area contributed by atoms with Crippen LogP contribution in [0.2, 0.25) is 5.02 Å². The number of rotatable bonds is 2. The van der Waals surface area contributed by atoms with E-state index in [-0.39, 0.29) is 24.8 Å². The molecule has 3 rings (SSSR count). The van der Waals surface area contributed by atoms with Gasteiger partial charge in [0.2, 0.25) is 0 Å². The highest BCUT2D eigenvalue weighted by Gasteiger charge is 2.33. The number of Topliss-reactive ketones (excluding diaryl/α,β-unsaturated/α-hetero) is 2. The van der Waals surface area contributed by atoms with Crippen molar-refractivity contribution in [2.75, 3.05) is 13.2 Å². The lowest BCUT2D eigenvalue weighted by atomic mass is 9.85. The number of benzene rings is 2. The van der Waals surface area contributed by atoms with Gasteiger partial charge in [0, 0.05) is 5.02 Å². The molecule has 1 aliphatic heterocycles. The van der Waals surface area contributed by atoms with Crippen LogP contribution in [0.25, 0.3) is 11.1 Å². The number of ether oxygens (including phenoxy) is 1. The first-order chi connectivity index (χ1) is 10.6. The second-order valence-corrected chi connectivity index (χ2v) is 5.87. The number of hydrogen-bond donors (Lipinski definition) is 0. The predicted octanol–water partition coefficient (Wildman–Crippen LogP) is 3.57. The molecule has 0 bridgehead atoms. The van der Waals surface area contributed by atoms with Crippen molar-refractivity contribution in [1.29, 1.82) is 0 Å². The molecule has 0 aromatic heterocycles. The fourth-order valence-corrected chi connectivity index (χ4v) is 2.84. The summed E-state index contributed by atoms with van der Waals surface area (Å²) in [6.07, 6.45) is 0. The summed E-state index contributed by atoms with van der Waals surface area (Å²) >= 11 is 5.91. The maximum Gasteiger partial charge on any atom is 0.173 e. The molecule has 1 aliphatic rings. The van der Waals surface area contributed by atoms with E-state index in [0.717, 1.165) is 22.3 Å². The lowest BCUT2D eigenvalue weighted by Gasteiger charge is -2.22. The van der Waals surface area contributed by atoms with Gasteiger partial charge in [0.15, 0.2) is 11.6 Å². The summed E-state index contributed by atoms with van der Waals surface area (Å²) in [5.41, 5.74) is 3.67. The molecule has 0 N–H and O–H groups in total. The Morgan fingerprint density at radius 1 is 0.955 bits per heavy atom. The molecule has 0 amide bonds. The molecular formula is C18H15ClO3. The van der Waals surface area contributed by atoms with Crippen LogP contribution in [0.3, 0.4) is 0 Å². The average Bonchev–Trinajstić information content (AvgIpc) is 2.50. The zero-order chi connectivity index (χ0) is 15.7. The third-order valence-corrected chi connectivity index (χ3v) is 4.15. The van der Waals surface area contributed by atoms with Crippen molar-refractivity contribution in [3.05, 3.63) is 58.6 Å². The van der Waals surface area contributed by atoms with Crippen LogP contribution in [0.4, 0.5) is 0 Å². The first-order valence-electron chi connectivity index (χ1n) is 7.06. The fourth-order valence-electron chi connectivity index (χ4n) is 2.72. The van der Waals surface area contributed by atoms with Crippen molar-refractivity contribution in [2.24, 2.45) is 0 Å². The first-order valence-corrected chi connectivity index (χ1v) is 7.44. The number of carbonyl (C=O) groups is 2. The monoisotopic (exact) mass is 314 g/mol. The van der Waals surface area contributed by atoms with E-state index in [0.29, 0.717) is 5.02 Å². The Bertz CT molecular complexity index is 718. The molecule has 112 valence electrons. The van der Waals surface area contributed by atoms with E-state index in [1.807, 2.05) is 49.4 Å². The zero-order valence-electron chi connectivity index (χ0n) is 12.1. The van der Waals surface area contributed by atoms with Crippen LogP contribution in [0.15, 0.2) is 42.5 Å². The van der Waals surface area contributed by atoms with Gasteiger partial charge in [0.1, 0.15) is 19.1 Å². The SMILES string of the molecule is Cc1ccc(-c2ccc(Cl)cc2)cc1C1C(=O)COCC1=O. The molecule has 0 atom stereocenters. The van der Waals surface area contributed by atoms with E-state index >= 15 is 0 Å². The standard InChI is InChI=1S/C18H15ClO3/c1-11-2-3-13(12-4-6-14(19)7-5-12)8-15(11)18-16(20)9-22-10-17(18)21/h2-8,18H,9-10H2,1H3. The Hall–Kier alpha value is -1.97. The highest BCUT2D eigenvalue weighted by molar-refractivity contribution is 6.30. The largest absolute Gasteiger partial charge is 0.366 e. The Labute approximate surface area is 133 Å². The number of halogens is 1. The van der Waals surface area contributed by atoms with Gasteiger partial charge in [-0.3, -0.25) is 9.59 Å². The van der Waals surface area contributed by atoms with Crippen molar-refractivity contribution in [3.63, 3.8) is 0 Å². The van der Waals surface area contributed by atoms with Gasteiger partial charge >= 0.3 is 0 Å². The van der Waals surface area contributed by atoms with Crippen molar-refractivity contribution in [3.8, 4) is 11.1 Å². The number of carbonyl (C=O) groups excluding carboxylic acids is 2. The molecule has 2 aromatic carbocycles. The van der Waals surface area contributed by atoms with Gasteiger partial charge in [0.05, 0.1) is 0 Å². The van der Waals surface area contributed by atoms with Crippen LogP contribution in [0, 0.1) is 6.92 Å². The van der Waals surface area contributed by atoms with Gasteiger partial charge in [-0.2, -0.15) is 0 Å². The second kappa shape index (κ2) is 6.03. The number of ketones is 2. The fraction of sp³-hybridized carbons (Fsp3) is 0.222. The third-order valence-electron chi connectivity index (χ3n) is 3.90. The van der Waals surface area contributed by atoms with Gasteiger partial charge in [0.25, 0.3) is 0 Å². The lowest BCUT2D eigenvalue weighted by Crippen LogP contribution is -2.35. The van der Waals surface area contributed by atoms with Gasteiger partial charge < -0.3 is 4.74 Å². The quantitative estimate of drug-likeness (QED) is 0.796. The van der Waals surface area contributed by atoms with Crippen molar-refractivity contribution in [2.45, 2.75) is 12.8 Å². The Morgan fingerprint density at radius 3 is 2.18 bits per heavy atom. The lowest BCUT2D eigenvalue weighted by molar-refractivity contribution is -0.141. The molecule has 0 aliphatic carbocycles. The smallest absolute Gasteiger partial charge is 0.173 e. The highest BCUT2D eigenvalue weighted by atomic mass is 35.5. The molecule has 22 heavy (non-hydrogen) atoms. The zero-order valence-corrected chi connectivity index (χ0v) is 12.9. The van der Waals surface area contributed by atoms with Crippen LogP contribution >= 0.6 is 11.6 Å². The van der Waals surface area contributed by atoms with Crippen LogP contribution in [0.5, 0.6) is 0 Å². The Kier molecular flexibility index (Phi) is 4.10. The molecule has 2 aromatic rings. The Morgan fingerprint density at radius 2 is 1.55 bits per heavy atom. The van der Waals surface area contributed by atoms with Crippen LogP contribution < -0.4 is 0 Å². The topological polar surface area (TPSA) is 43.4 Å². The van der Waals surface area contributed by atoms with E-state index in [1.165, 1.54) is 0 Å². The molecule has 1 fully saturated rings. The normalized spacial score (nSPS) is 16.1. The van der Waals surface area contributed by atoms with Crippen LogP contribution in [-0.2, 0) is 14.3 Å². The average molecular weight is 315 g/mol. The van der Waals surface area contributed by atoms with Crippen molar-refractivity contribution < 1.29 is 14.3 Å². The molecule has 1 saturated heterocycles. The van der Waals surface area contributed by atoms with E-state index in [4.69, 9.17) is 16.3 Å². The van der Waals surface area contributed by atoms with Crippen LogP contribution in [-0.4, -0.2) is 24.8 Å². The summed E-state index contributed by atoms with van der Waals surface area (Å²) in [5.74, 6) is -1.05. The second-order valence-electron chi connectivity index (χ2n) is 5.44. The minimum Gasteiger partial charge on any atom is -0.366 e. The van der Waals surface area contributed by atoms with E-state index in [1.54, 1.807) is 0 Å². The minimum absolute atomic E-state index is 0.00101. The van der Waals surface area contributed by atoms with E-state index < -0.39 is 5.92 Å². The molecule has 0 radical (unpaired) electrons. The maximum atomic E-state index is 12.1. The van der Waals surface area contributed by atoms with Gasteiger partial charge in [-0.25, -0.2) is 0 Å². The molecule has 1 heterocycles. The summed E-state index contributed by atoms with van der Waals surface area (Å²) in [6.45, 7) is 1.92. The molecule has 0 saturated carbocycles. The molecule has 0 spiro atoms.